The van der Waals surface area contributed by atoms with E-state index < -0.39 is 17.6 Å². The quantitative estimate of drug-likeness (QED) is 0.718. The van der Waals surface area contributed by atoms with E-state index in [9.17, 15) is 14.0 Å². The summed E-state index contributed by atoms with van der Waals surface area (Å²) >= 11 is 0. The number of rotatable bonds is 3. The van der Waals surface area contributed by atoms with Crippen LogP contribution in [0, 0.1) is 12.7 Å². The number of amides is 2. The van der Waals surface area contributed by atoms with Crippen LogP contribution in [0.3, 0.4) is 0 Å². The first-order valence-electron chi connectivity index (χ1n) is 7.56. The van der Waals surface area contributed by atoms with Crippen LogP contribution >= 0.6 is 0 Å². The molecular weight excluding hydrogens is 323 g/mol. The number of carbonyl (C=O) groups excluding carboxylic acids is 2. The van der Waals surface area contributed by atoms with Crippen molar-refractivity contribution in [2.24, 2.45) is 0 Å². The van der Waals surface area contributed by atoms with Gasteiger partial charge < -0.3 is 4.42 Å². The Bertz CT molecular complexity index is 934. The molecule has 0 spiro atoms. The van der Waals surface area contributed by atoms with Gasteiger partial charge in [-0.25, -0.2) is 4.39 Å². The number of carbonyl (C=O) groups is 2. The fourth-order valence-electron chi connectivity index (χ4n) is 2.30. The molecule has 0 unspecified atom stereocenters. The van der Waals surface area contributed by atoms with E-state index in [0.29, 0.717) is 5.56 Å². The standard InChI is InChI=1S/C19H15FN2O3/c1-12-5-4-6-13(11-12)18(23)21-22-19(24)17-10-9-16(25-17)14-7-2-3-8-15(14)20/h2-11H,1H3,(H,21,23)(H,22,24). The Morgan fingerprint density at radius 2 is 1.68 bits per heavy atom. The minimum absolute atomic E-state index is 0.0391. The molecule has 3 rings (SSSR count). The molecule has 0 saturated carbocycles. The van der Waals surface area contributed by atoms with Gasteiger partial charge in [0.1, 0.15) is 11.6 Å². The molecule has 0 aliphatic carbocycles. The predicted molar refractivity (Wildman–Crippen MR) is 90.2 cm³/mol. The molecule has 0 aliphatic heterocycles. The van der Waals surface area contributed by atoms with Crippen LogP contribution in [0.1, 0.15) is 26.5 Å². The first-order chi connectivity index (χ1) is 12.0. The minimum atomic E-state index is -0.636. The second-order valence-corrected chi connectivity index (χ2v) is 5.42. The highest BCUT2D eigenvalue weighted by atomic mass is 19.1. The zero-order valence-corrected chi connectivity index (χ0v) is 13.4. The molecule has 0 bridgehead atoms. The molecule has 0 atom stereocenters. The van der Waals surface area contributed by atoms with Crippen molar-refractivity contribution in [2.45, 2.75) is 6.92 Å². The van der Waals surface area contributed by atoms with Gasteiger partial charge in [0.2, 0.25) is 0 Å². The summed E-state index contributed by atoms with van der Waals surface area (Å²) in [6, 6.07) is 15.9. The summed E-state index contributed by atoms with van der Waals surface area (Å²) in [5.74, 6) is -1.34. The Morgan fingerprint density at radius 1 is 0.920 bits per heavy atom. The van der Waals surface area contributed by atoms with Crippen LogP contribution in [0.4, 0.5) is 4.39 Å². The molecule has 2 aromatic carbocycles. The molecule has 0 aliphatic rings. The third-order valence-electron chi connectivity index (χ3n) is 3.54. The Morgan fingerprint density at radius 3 is 2.44 bits per heavy atom. The predicted octanol–water partition coefficient (Wildman–Crippen LogP) is 3.47. The fourth-order valence-corrected chi connectivity index (χ4v) is 2.30. The maximum atomic E-state index is 13.7. The molecule has 3 aromatic rings. The van der Waals surface area contributed by atoms with Crippen molar-refractivity contribution in [1.82, 2.24) is 10.9 Å². The number of furan rings is 1. The normalized spacial score (nSPS) is 10.3. The second kappa shape index (κ2) is 7.00. The summed E-state index contributed by atoms with van der Waals surface area (Å²) in [7, 11) is 0. The van der Waals surface area contributed by atoms with E-state index in [1.807, 2.05) is 13.0 Å². The van der Waals surface area contributed by atoms with Gasteiger partial charge in [-0.05, 0) is 43.3 Å². The smallest absolute Gasteiger partial charge is 0.305 e. The third kappa shape index (κ3) is 3.74. The molecule has 1 aromatic heterocycles. The number of hydrogen-bond acceptors (Lipinski definition) is 3. The van der Waals surface area contributed by atoms with Crippen LogP contribution < -0.4 is 10.9 Å². The van der Waals surface area contributed by atoms with Crippen molar-refractivity contribution in [1.29, 1.82) is 0 Å². The van der Waals surface area contributed by atoms with Crippen LogP contribution in [0.25, 0.3) is 11.3 Å². The summed E-state index contributed by atoms with van der Waals surface area (Å²) in [6.07, 6.45) is 0. The average Bonchev–Trinajstić information content (AvgIpc) is 3.09. The number of hydrogen-bond donors (Lipinski definition) is 2. The number of hydrazine groups is 1. The largest absolute Gasteiger partial charge is 0.451 e. The molecule has 5 nitrogen and oxygen atoms in total. The van der Waals surface area contributed by atoms with Gasteiger partial charge in [-0.2, -0.15) is 0 Å². The Kier molecular flexibility index (Phi) is 4.61. The summed E-state index contributed by atoms with van der Waals surface area (Å²) in [4.78, 5) is 24.1. The highest BCUT2D eigenvalue weighted by Crippen LogP contribution is 2.24. The molecule has 2 amide bonds. The van der Waals surface area contributed by atoms with E-state index in [1.54, 1.807) is 36.4 Å². The van der Waals surface area contributed by atoms with Crippen LogP contribution in [0.15, 0.2) is 65.1 Å². The summed E-state index contributed by atoms with van der Waals surface area (Å²) in [5.41, 5.74) is 6.19. The lowest BCUT2D eigenvalue weighted by atomic mass is 10.1. The Balaban J connectivity index is 1.66. The highest BCUT2D eigenvalue weighted by Gasteiger charge is 2.15. The van der Waals surface area contributed by atoms with Gasteiger partial charge in [0.05, 0.1) is 5.56 Å². The van der Waals surface area contributed by atoms with Gasteiger partial charge in [-0.15, -0.1) is 0 Å². The molecule has 1 heterocycles. The average molecular weight is 338 g/mol. The van der Waals surface area contributed by atoms with Gasteiger partial charge in [0, 0.05) is 5.56 Å². The number of aryl methyl sites for hydroxylation is 1. The van der Waals surface area contributed by atoms with E-state index in [0.717, 1.165) is 5.56 Å². The maximum Gasteiger partial charge on any atom is 0.305 e. The summed E-state index contributed by atoms with van der Waals surface area (Å²) in [5, 5.41) is 0. The number of nitrogens with one attached hydrogen (secondary N) is 2. The monoisotopic (exact) mass is 338 g/mol. The highest BCUT2D eigenvalue weighted by molar-refractivity contribution is 5.98. The first kappa shape index (κ1) is 16.4. The van der Waals surface area contributed by atoms with E-state index in [-0.39, 0.29) is 17.1 Å². The van der Waals surface area contributed by atoms with Crippen molar-refractivity contribution >= 4 is 11.8 Å². The molecule has 0 saturated heterocycles. The van der Waals surface area contributed by atoms with Crippen LogP contribution in [-0.4, -0.2) is 11.8 Å². The van der Waals surface area contributed by atoms with E-state index in [4.69, 9.17) is 4.42 Å². The van der Waals surface area contributed by atoms with Gasteiger partial charge in [-0.3, -0.25) is 20.4 Å². The lowest BCUT2D eigenvalue weighted by molar-refractivity contribution is 0.0831. The van der Waals surface area contributed by atoms with E-state index in [2.05, 4.69) is 10.9 Å². The molecule has 0 fully saturated rings. The first-order valence-corrected chi connectivity index (χ1v) is 7.56. The fraction of sp³-hybridized carbons (Fsp3) is 0.0526. The summed E-state index contributed by atoms with van der Waals surface area (Å²) < 4.78 is 19.1. The number of benzene rings is 2. The zero-order valence-electron chi connectivity index (χ0n) is 13.4. The zero-order chi connectivity index (χ0) is 17.8. The number of halogens is 1. The van der Waals surface area contributed by atoms with E-state index >= 15 is 0 Å². The lowest BCUT2D eigenvalue weighted by Gasteiger charge is -2.06. The molecule has 6 heteroatoms. The van der Waals surface area contributed by atoms with Crippen molar-refractivity contribution in [3.8, 4) is 11.3 Å². The topological polar surface area (TPSA) is 71.3 Å². The van der Waals surface area contributed by atoms with Gasteiger partial charge in [-0.1, -0.05) is 29.8 Å². The van der Waals surface area contributed by atoms with Gasteiger partial charge >= 0.3 is 5.91 Å². The molecular formula is C19H15FN2O3. The maximum absolute atomic E-state index is 13.7. The van der Waals surface area contributed by atoms with E-state index in [1.165, 1.54) is 18.2 Å². The van der Waals surface area contributed by atoms with Crippen LogP contribution in [0.5, 0.6) is 0 Å². The van der Waals surface area contributed by atoms with Gasteiger partial charge in [0.25, 0.3) is 5.91 Å². The molecule has 126 valence electrons. The lowest BCUT2D eigenvalue weighted by Crippen LogP contribution is -2.41. The molecule has 0 radical (unpaired) electrons. The van der Waals surface area contributed by atoms with Gasteiger partial charge in [0.15, 0.2) is 5.76 Å². The SMILES string of the molecule is Cc1cccc(C(=O)NNC(=O)c2ccc(-c3ccccc3F)o2)c1. The van der Waals surface area contributed by atoms with Crippen molar-refractivity contribution in [3.63, 3.8) is 0 Å². The molecule has 2 N–H and O–H groups in total. The van der Waals surface area contributed by atoms with Crippen LogP contribution in [0.2, 0.25) is 0 Å². The second-order valence-electron chi connectivity index (χ2n) is 5.42. The Labute approximate surface area is 143 Å². The van der Waals surface area contributed by atoms with Crippen molar-refractivity contribution in [2.75, 3.05) is 0 Å². The van der Waals surface area contributed by atoms with Crippen molar-refractivity contribution in [3.05, 3.63) is 83.4 Å². The summed E-state index contributed by atoms with van der Waals surface area (Å²) in [6.45, 7) is 1.86. The van der Waals surface area contributed by atoms with Crippen molar-refractivity contribution < 1.29 is 18.4 Å². The minimum Gasteiger partial charge on any atom is -0.451 e. The Hall–Kier alpha value is -3.41. The van der Waals surface area contributed by atoms with Crippen LogP contribution in [-0.2, 0) is 0 Å². The molecule has 25 heavy (non-hydrogen) atoms. The third-order valence-corrected chi connectivity index (χ3v) is 3.54.